The SMILES string of the molecule is CS(=O)(=O)Nc1nccc(-c2cc(OC(F)F)ccc2OC(F)F)n1. The lowest BCUT2D eigenvalue weighted by Crippen LogP contribution is -2.12. The zero-order chi connectivity index (χ0) is 18.6. The number of halogens is 4. The molecule has 1 aromatic heterocycles. The van der Waals surface area contributed by atoms with Crippen LogP contribution in [-0.2, 0) is 10.0 Å². The molecule has 1 N–H and O–H groups in total. The second-order valence-electron chi connectivity index (χ2n) is 4.55. The Kier molecular flexibility index (Phi) is 5.62. The van der Waals surface area contributed by atoms with Crippen LogP contribution in [0.2, 0.25) is 0 Å². The molecule has 0 aliphatic rings. The number of sulfonamides is 1. The van der Waals surface area contributed by atoms with Gasteiger partial charge in [0.2, 0.25) is 16.0 Å². The van der Waals surface area contributed by atoms with Crippen molar-refractivity contribution in [1.82, 2.24) is 9.97 Å². The number of nitrogens with one attached hydrogen (secondary N) is 1. The fraction of sp³-hybridized carbons (Fsp3) is 0.231. The molecule has 0 saturated heterocycles. The average Bonchev–Trinajstić information content (AvgIpc) is 2.46. The third kappa shape index (κ3) is 5.74. The molecule has 0 radical (unpaired) electrons. The van der Waals surface area contributed by atoms with Crippen molar-refractivity contribution in [2.75, 3.05) is 11.0 Å². The molecule has 0 saturated carbocycles. The first-order valence-electron chi connectivity index (χ1n) is 6.49. The molecule has 25 heavy (non-hydrogen) atoms. The summed E-state index contributed by atoms with van der Waals surface area (Å²) < 4.78 is 82.7. The highest BCUT2D eigenvalue weighted by atomic mass is 32.2. The number of aromatic nitrogens is 2. The molecule has 0 bridgehead atoms. The van der Waals surface area contributed by atoms with E-state index in [0.717, 1.165) is 30.7 Å². The van der Waals surface area contributed by atoms with Gasteiger partial charge in [-0.2, -0.15) is 17.6 Å². The van der Waals surface area contributed by atoms with Gasteiger partial charge < -0.3 is 9.47 Å². The Hall–Kier alpha value is -2.63. The highest BCUT2D eigenvalue weighted by molar-refractivity contribution is 7.91. The van der Waals surface area contributed by atoms with E-state index in [4.69, 9.17) is 0 Å². The number of hydrogen-bond acceptors (Lipinski definition) is 6. The molecule has 0 unspecified atom stereocenters. The van der Waals surface area contributed by atoms with Crippen LogP contribution in [0.1, 0.15) is 0 Å². The van der Waals surface area contributed by atoms with Crippen LogP contribution >= 0.6 is 0 Å². The predicted octanol–water partition coefficient (Wildman–Crippen LogP) is 2.72. The van der Waals surface area contributed by atoms with E-state index in [1.807, 2.05) is 4.72 Å². The molecule has 7 nitrogen and oxygen atoms in total. The molecule has 1 heterocycles. The van der Waals surface area contributed by atoms with Crippen LogP contribution in [0.15, 0.2) is 30.5 Å². The number of benzene rings is 1. The summed E-state index contributed by atoms with van der Waals surface area (Å²) in [6.07, 6.45) is 2.02. The van der Waals surface area contributed by atoms with Crippen molar-refractivity contribution in [3.63, 3.8) is 0 Å². The van der Waals surface area contributed by atoms with Crippen molar-refractivity contribution in [3.8, 4) is 22.8 Å². The van der Waals surface area contributed by atoms with Crippen LogP contribution in [0.4, 0.5) is 23.5 Å². The van der Waals surface area contributed by atoms with Gasteiger partial charge in [0.1, 0.15) is 11.5 Å². The van der Waals surface area contributed by atoms with E-state index in [1.165, 1.54) is 6.07 Å². The van der Waals surface area contributed by atoms with E-state index in [1.54, 1.807) is 0 Å². The van der Waals surface area contributed by atoms with E-state index in [0.29, 0.717) is 0 Å². The van der Waals surface area contributed by atoms with Crippen molar-refractivity contribution in [2.45, 2.75) is 13.2 Å². The second-order valence-corrected chi connectivity index (χ2v) is 6.30. The summed E-state index contributed by atoms with van der Waals surface area (Å²) in [6, 6.07) is 4.29. The molecule has 1 aromatic carbocycles. The normalized spacial score (nSPS) is 11.6. The first-order chi connectivity index (χ1) is 11.6. The Morgan fingerprint density at radius 1 is 1.08 bits per heavy atom. The summed E-state index contributed by atoms with van der Waals surface area (Å²) in [4.78, 5) is 7.52. The molecule has 136 valence electrons. The zero-order valence-electron chi connectivity index (χ0n) is 12.5. The van der Waals surface area contributed by atoms with E-state index in [-0.39, 0.29) is 28.7 Å². The smallest absolute Gasteiger partial charge is 0.387 e. The summed E-state index contributed by atoms with van der Waals surface area (Å²) in [5.41, 5.74) is -0.158. The lowest BCUT2D eigenvalue weighted by atomic mass is 10.1. The Morgan fingerprint density at radius 2 is 1.76 bits per heavy atom. The molecule has 0 aliphatic heterocycles. The number of hydrogen-bond donors (Lipinski definition) is 1. The number of alkyl halides is 4. The standard InChI is InChI=1S/C13H11F4N3O4S/c1-25(21,22)20-13-18-5-4-9(19-13)8-6-7(23-11(14)15)2-3-10(8)24-12(16)17/h2-6,11-12H,1H3,(H,18,19,20). The summed E-state index contributed by atoms with van der Waals surface area (Å²) in [6.45, 7) is -6.29. The van der Waals surface area contributed by atoms with Gasteiger partial charge in [0.05, 0.1) is 11.9 Å². The molecular formula is C13H11F4N3O4S. The largest absolute Gasteiger partial charge is 0.435 e. The van der Waals surface area contributed by atoms with Gasteiger partial charge in [-0.3, -0.25) is 4.72 Å². The number of rotatable bonds is 7. The van der Waals surface area contributed by atoms with Crippen LogP contribution in [0, 0.1) is 0 Å². The van der Waals surface area contributed by atoms with Crippen LogP contribution in [-0.4, -0.2) is 37.9 Å². The minimum atomic E-state index is -3.68. The Labute approximate surface area is 139 Å². The highest BCUT2D eigenvalue weighted by Gasteiger charge is 2.16. The van der Waals surface area contributed by atoms with E-state index in [2.05, 4.69) is 19.4 Å². The summed E-state index contributed by atoms with van der Waals surface area (Å²) >= 11 is 0. The lowest BCUT2D eigenvalue weighted by molar-refractivity contribution is -0.0526. The number of nitrogens with zero attached hydrogens (tertiary/aromatic N) is 2. The first kappa shape index (κ1) is 18.7. The van der Waals surface area contributed by atoms with Gasteiger partial charge in [0.15, 0.2) is 0 Å². The third-order valence-corrected chi connectivity index (χ3v) is 3.15. The van der Waals surface area contributed by atoms with Gasteiger partial charge in [0, 0.05) is 11.8 Å². The molecule has 0 amide bonds. The summed E-state index contributed by atoms with van der Waals surface area (Å²) in [5.74, 6) is -1.01. The van der Waals surface area contributed by atoms with Gasteiger partial charge in [-0.15, -0.1) is 0 Å². The van der Waals surface area contributed by atoms with Crippen LogP contribution in [0.25, 0.3) is 11.3 Å². The van der Waals surface area contributed by atoms with Crippen molar-refractivity contribution in [2.24, 2.45) is 0 Å². The highest BCUT2D eigenvalue weighted by Crippen LogP contribution is 2.34. The molecule has 2 rings (SSSR count). The summed E-state index contributed by atoms with van der Waals surface area (Å²) in [5, 5.41) is 0. The first-order valence-corrected chi connectivity index (χ1v) is 8.38. The molecule has 0 spiro atoms. The average molecular weight is 381 g/mol. The van der Waals surface area contributed by atoms with Gasteiger partial charge in [0.25, 0.3) is 0 Å². The maximum absolute atomic E-state index is 12.5. The fourth-order valence-corrected chi connectivity index (χ4v) is 2.24. The molecule has 0 atom stereocenters. The van der Waals surface area contributed by atoms with E-state index < -0.39 is 23.2 Å². The van der Waals surface area contributed by atoms with Crippen molar-refractivity contribution in [3.05, 3.63) is 30.5 Å². The summed E-state index contributed by atoms with van der Waals surface area (Å²) in [7, 11) is -3.68. The third-order valence-electron chi connectivity index (χ3n) is 2.60. The number of ether oxygens (including phenoxy) is 2. The van der Waals surface area contributed by atoms with Gasteiger partial charge >= 0.3 is 13.2 Å². The second kappa shape index (κ2) is 7.51. The van der Waals surface area contributed by atoms with E-state index in [9.17, 15) is 26.0 Å². The topological polar surface area (TPSA) is 90.4 Å². The quantitative estimate of drug-likeness (QED) is 0.742. The Morgan fingerprint density at radius 3 is 2.36 bits per heavy atom. The van der Waals surface area contributed by atoms with Crippen LogP contribution < -0.4 is 14.2 Å². The number of anilines is 1. The van der Waals surface area contributed by atoms with Gasteiger partial charge in [-0.25, -0.2) is 18.4 Å². The lowest BCUT2D eigenvalue weighted by Gasteiger charge is -2.13. The van der Waals surface area contributed by atoms with Crippen LogP contribution in [0.5, 0.6) is 11.5 Å². The zero-order valence-corrected chi connectivity index (χ0v) is 13.3. The van der Waals surface area contributed by atoms with Crippen LogP contribution in [0.3, 0.4) is 0 Å². The minimum absolute atomic E-state index is 0.0449. The molecule has 12 heteroatoms. The Balaban J connectivity index is 2.48. The minimum Gasteiger partial charge on any atom is -0.435 e. The fourth-order valence-electron chi connectivity index (χ4n) is 1.81. The molecular weight excluding hydrogens is 370 g/mol. The Bertz CT molecular complexity index is 849. The van der Waals surface area contributed by atoms with Gasteiger partial charge in [-0.1, -0.05) is 0 Å². The monoisotopic (exact) mass is 381 g/mol. The maximum atomic E-state index is 12.5. The van der Waals surface area contributed by atoms with Crippen molar-refractivity contribution in [1.29, 1.82) is 0 Å². The molecule has 0 fully saturated rings. The predicted molar refractivity (Wildman–Crippen MR) is 79.2 cm³/mol. The van der Waals surface area contributed by atoms with Crippen molar-refractivity contribution >= 4 is 16.0 Å². The molecule has 2 aromatic rings. The maximum Gasteiger partial charge on any atom is 0.387 e. The van der Waals surface area contributed by atoms with Gasteiger partial charge in [-0.05, 0) is 24.3 Å². The van der Waals surface area contributed by atoms with Crippen molar-refractivity contribution < 1.29 is 35.5 Å². The van der Waals surface area contributed by atoms with E-state index >= 15 is 0 Å². The molecule has 0 aliphatic carbocycles.